The molecule has 1 saturated heterocycles. The molecule has 0 saturated carbocycles. The van der Waals surface area contributed by atoms with E-state index in [0.29, 0.717) is 23.8 Å². The molecule has 1 aliphatic heterocycles. The number of oxazole rings is 1. The lowest BCUT2D eigenvalue weighted by atomic mass is 10.2. The normalized spacial score (nSPS) is 16.6. The molecule has 30 heavy (non-hydrogen) atoms. The van der Waals surface area contributed by atoms with Crippen molar-refractivity contribution in [1.82, 2.24) is 15.0 Å². The number of carbonyl (C=O) groups excluding carboxylic acids is 1. The van der Waals surface area contributed by atoms with Crippen LogP contribution in [0, 0.1) is 0 Å². The molecule has 8 nitrogen and oxygen atoms in total. The number of ether oxygens (including phenoxy) is 1. The Morgan fingerprint density at radius 1 is 1.23 bits per heavy atom. The van der Waals surface area contributed by atoms with Gasteiger partial charge < -0.3 is 14.5 Å². The standard InChI is InChI=1S/C20H21N3O5S2/c24-19(21-11-15-13-28-20(23-15)18-4-2-10-29-18)14-5-7-17(8-6-14)30(25,26)22-12-16-3-1-9-27-16/h2,4-8,10,13,16,22H,1,3,9,11-12H2,(H,21,24)/t16-/m1/s1. The van der Waals surface area contributed by atoms with Crippen LogP contribution >= 0.6 is 11.3 Å². The predicted octanol–water partition coefficient (Wildman–Crippen LogP) is 2.79. The number of carbonyl (C=O) groups is 1. The monoisotopic (exact) mass is 447 g/mol. The first-order chi connectivity index (χ1) is 14.5. The summed E-state index contributed by atoms with van der Waals surface area (Å²) in [5.74, 6) is 0.186. The van der Waals surface area contributed by atoms with Gasteiger partial charge in [0.1, 0.15) is 6.26 Å². The first-order valence-electron chi connectivity index (χ1n) is 9.49. The van der Waals surface area contributed by atoms with Gasteiger partial charge in [0.05, 0.1) is 28.1 Å². The minimum Gasteiger partial charge on any atom is -0.443 e. The second kappa shape index (κ2) is 9.09. The highest BCUT2D eigenvalue weighted by molar-refractivity contribution is 7.89. The van der Waals surface area contributed by atoms with E-state index in [-0.39, 0.29) is 30.0 Å². The van der Waals surface area contributed by atoms with Crippen LogP contribution in [0.15, 0.2) is 57.4 Å². The fraction of sp³-hybridized carbons (Fsp3) is 0.300. The maximum atomic E-state index is 12.4. The van der Waals surface area contributed by atoms with E-state index in [2.05, 4.69) is 15.0 Å². The molecule has 0 spiro atoms. The molecule has 1 amide bonds. The summed E-state index contributed by atoms with van der Waals surface area (Å²) >= 11 is 1.52. The zero-order chi connectivity index (χ0) is 21.0. The van der Waals surface area contributed by atoms with E-state index in [1.807, 2.05) is 17.5 Å². The molecule has 1 aliphatic rings. The maximum absolute atomic E-state index is 12.4. The van der Waals surface area contributed by atoms with Gasteiger partial charge in [-0.05, 0) is 48.6 Å². The van der Waals surface area contributed by atoms with Crippen LogP contribution in [0.5, 0.6) is 0 Å². The van der Waals surface area contributed by atoms with Gasteiger partial charge in [-0.3, -0.25) is 4.79 Å². The Hall–Kier alpha value is -2.53. The van der Waals surface area contributed by atoms with Crippen molar-refractivity contribution in [1.29, 1.82) is 0 Å². The van der Waals surface area contributed by atoms with Crippen LogP contribution in [0.2, 0.25) is 0 Å². The van der Waals surface area contributed by atoms with Crippen LogP contribution in [0.25, 0.3) is 10.8 Å². The van der Waals surface area contributed by atoms with Crippen molar-refractivity contribution in [2.45, 2.75) is 30.4 Å². The number of aromatic nitrogens is 1. The van der Waals surface area contributed by atoms with E-state index in [1.54, 1.807) is 0 Å². The number of nitrogens with one attached hydrogen (secondary N) is 2. The highest BCUT2D eigenvalue weighted by Crippen LogP contribution is 2.23. The van der Waals surface area contributed by atoms with Crippen molar-refractivity contribution in [2.75, 3.05) is 13.2 Å². The van der Waals surface area contributed by atoms with E-state index in [1.165, 1.54) is 41.9 Å². The number of rotatable bonds is 8. The molecule has 1 atom stereocenters. The van der Waals surface area contributed by atoms with Crippen LogP contribution in [0.3, 0.4) is 0 Å². The Balaban J connectivity index is 1.32. The molecule has 4 rings (SSSR count). The minimum absolute atomic E-state index is 0.0818. The molecule has 2 N–H and O–H groups in total. The summed E-state index contributed by atoms with van der Waals surface area (Å²) in [4.78, 5) is 17.7. The van der Waals surface area contributed by atoms with Crippen molar-refractivity contribution in [3.63, 3.8) is 0 Å². The quantitative estimate of drug-likeness (QED) is 0.549. The SMILES string of the molecule is O=C(NCc1coc(-c2cccs2)n1)c1ccc(S(=O)(=O)NC[C@H]2CCCO2)cc1. The van der Waals surface area contributed by atoms with E-state index >= 15 is 0 Å². The number of amides is 1. The first-order valence-corrected chi connectivity index (χ1v) is 11.9. The zero-order valence-electron chi connectivity index (χ0n) is 16.0. The highest BCUT2D eigenvalue weighted by atomic mass is 32.2. The van der Waals surface area contributed by atoms with Crippen LogP contribution in [-0.4, -0.2) is 38.6 Å². The molecule has 1 fully saturated rings. The number of sulfonamides is 1. The molecular weight excluding hydrogens is 426 g/mol. The Kier molecular flexibility index (Phi) is 6.28. The molecule has 158 valence electrons. The molecule has 0 bridgehead atoms. The third-order valence-corrected chi connectivity index (χ3v) is 6.96. The molecule has 0 unspecified atom stereocenters. The van der Waals surface area contributed by atoms with Gasteiger partial charge in [-0.15, -0.1) is 11.3 Å². The third-order valence-electron chi connectivity index (χ3n) is 4.67. The van der Waals surface area contributed by atoms with Crippen molar-refractivity contribution in [3.05, 3.63) is 59.3 Å². The van der Waals surface area contributed by atoms with Gasteiger partial charge >= 0.3 is 0 Å². The number of benzene rings is 1. The van der Waals surface area contributed by atoms with Gasteiger partial charge in [0.15, 0.2) is 0 Å². The molecular formula is C20H21N3O5S2. The molecule has 0 aliphatic carbocycles. The molecule has 10 heteroatoms. The average molecular weight is 448 g/mol. The topological polar surface area (TPSA) is 111 Å². The molecule has 1 aromatic carbocycles. The summed E-state index contributed by atoms with van der Waals surface area (Å²) < 4.78 is 38.2. The molecule has 2 aromatic heterocycles. The number of nitrogens with zero attached hydrogens (tertiary/aromatic N) is 1. The smallest absolute Gasteiger partial charge is 0.251 e. The Labute approximate surface area is 178 Å². The van der Waals surface area contributed by atoms with Crippen molar-refractivity contribution >= 4 is 27.3 Å². The van der Waals surface area contributed by atoms with Crippen LogP contribution in [-0.2, 0) is 21.3 Å². The van der Waals surface area contributed by atoms with Crippen molar-refractivity contribution in [2.24, 2.45) is 0 Å². The van der Waals surface area contributed by atoms with Gasteiger partial charge in [-0.2, -0.15) is 0 Å². The fourth-order valence-corrected chi connectivity index (χ4v) is 4.77. The molecule has 3 aromatic rings. The van der Waals surface area contributed by atoms with E-state index < -0.39 is 10.0 Å². The Morgan fingerprint density at radius 2 is 2.07 bits per heavy atom. The highest BCUT2D eigenvalue weighted by Gasteiger charge is 2.20. The second-order valence-electron chi connectivity index (χ2n) is 6.82. The van der Waals surface area contributed by atoms with E-state index in [0.717, 1.165) is 17.7 Å². The lowest BCUT2D eigenvalue weighted by molar-refractivity contribution is 0.0950. The number of hydrogen-bond acceptors (Lipinski definition) is 7. The van der Waals surface area contributed by atoms with Crippen molar-refractivity contribution < 1.29 is 22.4 Å². The minimum atomic E-state index is -3.65. The lowest BCUT2D eigenvalue weighted by Crippen LogP contribution is -2.31. The summed E-state index contributed by atoms with van der Waals surface area (Å²) in [6, 6.07) is 9.61. The number of hydrogen-bond donors (Lipinski definition) is 2. The van der Waals surface area contributed by atoms with Gasteiger partial charge in [-0.25, -0.2) is 18.1 Å². The third kappa shape index (κ3) is 4.96. The fourth-order valence-electron chi connectivity index (χ4n) is 3.05. The van der Waals surface area contributed by atoms with Crippen LogP contribution < -0.4 is 10.0 Å². The summed E-state index contributed by atoms with van der Waals surface area (Å²) in [5.41, 5.74) is 0.958. The van der Waals surface area contributed by atoms with Gasteiger partial charge in [0.25, 0.3) is 5.91 Å². The van der Waals surface area contributed by atoms with Gasteiger partial charge in [-0.1, -0.05) is 6.07 Å². The largest absolute Gasteiger partial charge is 0.443 e. The summed E-state index contributed by atoms with van der Waals surface area (Å²) in [6.07, 6.45) is 3.22. The van der Waals surface area contributed by atoms with E-state index in [4.69, 9.17) is 9.15 Å². The number of thiophene rings is 1. The average Bonchev–Trinajstić information content (AvgIpc) is 3.53. The molecule has 0 radical (unpaired) electrons. The summed E-state index contributed by atoms with van der Waals surface area (Å²) in [6.45, 7) is 1.12. The molecule has 3 heterocycles. The van der Waals surface area contributed by atoms with Gasteiger partial charge in [0, 0.05) is 18.7 Å². The lowest BCUT2D eigenvalue weighted by Gasteiger charge is -2.11. The first kappa shape index (κ1) is 20.7. The van der Waals surface area contributed by atoms with Crippen molar-refractivity contribution in [3.8, 4) is 10.8 Å². The maximum Gasteiger partial charge on any atom is 0.251 e. The second-order valence-corrected chi connectivity index (χ2v) is 9.53. The van der Waals surface area contributed by atoms with Crippen LogP contribution in [0.4, 0.5) is 0 Å². The van der Waals surface area contributed by atoms with Gasteiger partial charge in [0.2, 0.25) is 15.9 Å². The van der Waals surface area contributed by atoms with Crippen LogP contribution in [0.1, 0.15) is 28.9 Å². The Morgan fingerprint density at radius 3 is 2.77 bits per heavy atom. The Bertz CT molecular complexity index is 1090. The van der Waals surface area contributed by atoms with E-state index in [9.17, 15) is 13.2 Å². The predicted molar refractivity (Wildman–Crippen MR) is 112 cm³/mol. The zero-order valence-corrected chi connectivity index (χ0v) is 17.7. The summed E-state index contributed by atoms with van der Waals surface area (Å²) in [7, 11) is -3.65. The summed E-state index contributed by atoms with van der Waals surface area (Å²) in [5, 5.41) is 4.69.